The predicted octanol–water partition coefficient (Wildman–Crippen LogP) is 5.11. The van der Waals surface area contributed by atoms with Crippen LogP contribution < -0.4 is 5.73 Å². The quantitative estimate of drug-likeness (QED) is 0.380. The minimum atomic E-state index is -0.287. The number of fused-ring (bicyclic) bond motifs is 3. The lowest BCUT2D eigenvalue weighted by Crippen LogP contribution is -2.45. The number of thiazole rings is 1. The van der Waals surface area contributed by atoms with Crippen LogP contribution in [0, 0.1) is 5.41 Å². The molecular weight excluding hydrogens is 522 g/mol. The number of aromatic amines is 1. The fourth-order valence-corrected chi connectivity index (χ4v) is 7.55. The van der Waals surface area contributed by atoms with E-state index in [4.69, 9.17) is 15.5 Å². The normalized spacial score (nSPS) is 21.2. The fraction of sp³-hybridized carbons (Fsp3) is 0.633. The Hall–Kier alpha value is -2.69. The molecule has 10 heteroatoms. The number of Topliss-reactive ketones (excluding diaryl/α,β-unsaturated/α-hetero) is 1. The Bertz CT molecular complexity index is 1380. The van der Waals surface area contributed by atoms with Gasteiger partial charge in [-0.2, -0.15) is 5.10 Å². The van der Waals surface area contributed by atoms with E-state index in [-0.39, 0.29) is 29.7 Å². The highest BCUT2D eigenvalue weighted by molar-refractivity contribution is 7.09. The average molecular weight is 564 g/mol. The number of likely N-dealkylation sites (tertiary alicyclic amines) is 1. The molecule has 0 unspecified atom stereocenters. The van der Waals surface area contributed by atoms with Crippen LogP contribution in [-0.2, 0) is 29.6 Å². The van der Waals surface area contributed by atoms with Crippen LogP contribution in [0.3, 0.4) is 0 Å². The first kappa shape index (κ1) is 27.5. The second-order valence-corrected chi connectivity index (χ2v) is 14.2. The summed E-state index contributed by atoms with van der Waals surface area (Å²) in [6.07, 6.45) is 10.5. The third-order valence-electron chi connectivity index (χ3n) is 9.14. The molecule has 1 saturated carbocycles. The molecule has 2 fully saturated rings. The molecule has 3 aliphatic rings. The number of hydrogen-bond acceptors (Lipinski definition) is 9. The standard InChI is InChI=1S/C30H41N7O2S/c1-29(2)9-5-20(6-10-29)37-11-7-21(8-12-37)39-16-19-17-40-23(33-19)13-22(38)26-24-27(36-35-26)25-18(14-30(24,3)4)15-32-28(31)34-25/h15,17,20-21H,5-14,16H2,1-4H3,(H,35,36)(H2,31,32,34). The summed E-state index contributed by atoms with van der Waals surface area (Å²) in [7, 11) is 0. The van der Waals surface area contributed by atoms with Gasteiger partial charge in [-0.15, -0.1) is 11.3 Å². The number of carbonyl (C=O) groups excluding carboxylic acids is 1. The summed E-state index contributed by atoms with van der Waals surface area (Å²) in [5.74, 6) is 0.185. The van der Waals surface area contributed by atoms with Gasteiger partial charge in [0, 0.05) is 36.3 Å². The van der Waals surface area contributed by atoms with Crippen LogP contribution in [-0.4, -0.2) is 61.1 Å². The van der Waals surface area contributed by atoms with Crippen LogP contribution in [0.5, 0.6) is 0 Å². The lowest BCUT2D eigenvalue weighted by molar-refractivity contribution is -0.0194. The number of carbonyl (C=O) groups is 1. The summed E-state index contributed by atoms with van der Waals surface area (Å²) in [6, 6.07) is 0.750. The second-order valence-electron chi connectivity index (χ2n) is 13.3. The molecule has 2 aliphatic carbocycles. The first-order chi connectivity index (χ1) is 19.1. The largest absolute Gasteiger partial charge is 0.372 e. The van der Waals surface area contributed by atoms with Crippen molar-refractivity contribution in [2.75, 3.05) is 18.8 Å². The number of rotatable bonds is 7. The van der Waals surface area contributed by atoms with Crippen LogP contribution in [0.25, 0.3) is 11.4 Å². The van der Waals surface area contributed by atoms with Crippen molar-refractivity contribution < 1.29 is 9.53 Å². The number of nitrogens with zero attached hydrogens (tertiary/aromatic N) is 5. The zero-order valence-electron chi connectivity index (χ0n) is 24.1. The monoisotopic (exact) mass is 563 g/mol. The zero-order valence-corrected chi connectivity index (χ0v) is 24.9. The van der Waals surface area contributed by atoms with E-state index < -0.39 is 0 Å². The van der Waals surface area contributed by atoms with Gasteiger partial charge in [0.05, 0.1) is 30.5 Å². The average Bonchev–Trinajstić information content (AvgIpc) is 3.57. The highest BCUT2D eigenvalue weighted by atomic mass is 32.1. The van der Waals surface area contributed by atoms with Gasteiger partial charge in [-0.3, -0.25) is 9.89 Å². The molecule has 3 aromatic rings. The molecule has 6 rings (SSSR count). The number of hydrogen-bond donors (Lipinski definition) is 2. The van der Waals surface area contributed by atoms with Gasteiger partial charge in [-0.1, -0.05) is 27.7 Å². The fourth-order valence-electron chi connectivity index (χ4n) is 6.78. The maximum absolute atomic E-state index is 13.4. The van der Waals surface area contributed by atoms with Gasteiger partial charge >= 0.3 is 0 Å². The van der Waals surface area contributed by atoms with Crippen molar-refractivity contribution in [3.8, 4) is 11.4 Å². The number of anilines is 1. The molecule has 214 valence electrons. The second kappa shape index (κ2) is 10.6. The van der Waals surface area contributed by atoms with E-state index in [1.807, 2.05) is 5.38 Å². The van der Waals surface area contributed by atoms with Crippen molar-refractivity contribution in [1.82, 2.24) is 30.0 Å². The Kier molecular flexibility index (Phi) is 7.29. The summed E-state index contributed by atoms with van der Waals surface area (Å²) in [4.78, 5) is 29.4. The SMILES string of the molecule is CC1(C)CCC(N2CCC(OCc3csc(CC(=O)c4[nH]nc5c4C(C)(C)Cc4cnc(N)nc4-5)n3)CC2)CC1. The van der Waals surface area contributed by atoms with Crippen molar-refractivity contribution in [2.45, 2.75) is 103 Å². The van der Waals surface area contributed by atoms with Crippen molar-refractivity contribution in [3.63, 3.8) is 0 Å². The van der Waals surface area contributed by atoms with E-state index in [0.29, 0.717) is 35.5 Å². The first-order valence-electron chi connectivity index (χ1n) is 14.6. The summed E-state index contributed by atoms with van der Waals surface area (Å²) in [5, 5.41) is 10.3. The molecule has 0 bridgehead atoms. The number of ketones is 1. The smallest absolute Gasteiger partial charge is 0.220 e. The molecule has 0 atom stereocenters. The third-order valence-corrected chi connectivity index (χ3v) is 10.0. The van der Waals surface area contributed by atoms with Gasteiger partial charge in [0.25, 0.3) is 0 Å². The number of aromatic nitrogens is 5. The number of piperidine rings is 1. The van der Waals surface area contributed by atoms with Crippen molar-refractivity contribution in [1.29, 1.82) is 0 Å². The molecule has 40 heavy (non-hydrogen) atoms. The molecule has 0 aromatic carbocycles. The molecular formula is C30H41N7O2S. The van der Waals surface area contributed by atoms with E-state index in [0.717, 1.165) is 53.8 Å². The van der Waals surface area contributed by atoms with E-state index in [9.17, 15) is 4.79 Å². The maximum Gasteiger partial charge on any atom is 0.220 e. The Morgan fingerprint density at radius 3 is 2.62 bits per heavy atom. The highest BCUT2D eigenvalue weighted by Gasteiger charge is 2.38. The van der Waals surface area contributed by atoms with E-state index in [1.165, 1.54) is 37.0 Å². The number of ether oxygens (including phenoxy) is 1. The van der Waals surface area contributed by atoms with E-state index in [1.54, 1.807) is 6.20 Å². The number of H-pyrrole nitrogens is 1. The summed E-state index contributed by atoms with van der Waals surface area (Å²) < 4.78 is 6.27. The summed E-state index contributed by atoms with van der Waals surface area (Å²) >= 11 is 1.52. The van der Waals surface area contributed by atoms with Crippen molar-refractivity contribution in [2.24, 2.45) is 5.41 Å². The van der Waals surface area contributed by atoms with Gasteiger partial charge in [0.15, 0.2) is 5.78 Å². The molecule has 1 saturated heterocycles. The van der Waals surface area contributed by atoms with E-state index in [2.05, 4.69) is 52.8 Å². The van der Waals surface area contributed by atoms with Crippen LogP contribution >= 0.6 is 11.3 Å². The zero-order chi connectivity index (χ0) is 28.1. The topological polar surface area (TPSA) is 123 Å². The van der Waals surface area contributed by atoms with Crippen molar-refractivity contribution >= 4 is 23.1 Å². The molecule has 0 spiro atoms. The van der Waals surface area contributed by atoms with Gasteiger partial charge in [0.1, 0.15) is 16.4 Å². The molecule has 3 aromatic heterocycles. The molecule has 9 nitrogen and oxygen atoms in total. The summed E-state index contributed by atoms with van der Waals surface area (Å²) in [5.41, 5.74) is 10.8. The number of nitrogens with one attached hydrogen (secondary N) is 1. The Morgan fingerprint density at radius 2 is 1.88 bits per heavy atom. The van der Waals surface area contributed by atoms with Gasteiger partial charge < -0.3 is 15.4 Å². The minimum absolute atomic E-state index is 0.0207. The number of nitrogen functional groups attached to an aromatic ring is 1. The molecule has 4 heterocycles. The lowest BCUT2D eigenvalue weighted by Gasteiger charge is -2.43. The summed E-state index contributed by atoms with van der Waals surface area (Å²) in [6.45, 7) is 11.8. The first-order valence-corrected chi connectivity index (χ1v) is 15.5. The minimum Gasteiger partial charge on any atom is -0.372 e. The maximum atomic E-state index is 13.4. The molecule has 3 N–H and O–H groups in total. The van der Waals surface area contributed by atoms with Crippen LogP contribution in [0.1, 0.15) is 98.5 Å². The van der Waals surface area contributed by atoms with E-state index >= 15 is 0 Å². The molecule has 1 aliphatic heterocycles. The highest BCUT2D eigenvalue weighted by Crippen LogP contribution is 2.43. The van der Waals surface area contributed by atoms with Crippen LogP contribution in [0.15, 0.2) is 11.6 Å². The van der Waals surface area contributed by atoms with Gasteiger partial charge in [-0.05, 0) is 61.3 Å². The Morgan fingerprint density at radius 1 is 1.12 bits per heavy atom. The molecule has 0 radical (unpaired) electrons. The van der Waals surface area contributed by atoms with Crippen molar-refractivity contribution in [3.05, 3.63) is 39.1 Å². The third kappa shape index (κ3) is 5.58. The van der Waals surface area contributed by atoms with Crippen LogP contribution in [0.2, 0.25) is 0 Å². The Labute approximate surface area is 240 Å². The predicted molar refractivity (Wildman–Crippen MR) is 156 cm³/mol. The van der Waals surface area contributed by atoms with Gasteiger partial charge in [0.2, 0.25) is 5.95 Å². The van der Waals surface area contributed by atoms with Gasteiger partial charge in [-0.25, -0.2) is 15.0 Å². The molecule has 0 amide bonds. The van der Waals surface area contributed by atoms with Crippen LogP contribution in [0.4, 0.5) is 5.95 Å². The Balaban J connectivity index is 1.04. The lowest BCUT2D eigenvalue weighted by atomic mass is 9.73. The number of nitrogens with two attached hydrogens (primary N) is 1.